The van der Waals surface area contributed by atoms with Gasteiger partial charge in [0.25, 0.3) is 0 Å². The fraction of sp³-hybridized carbons (Fsp3) is 0.500. The Morgan fingerprint density at radius 2 is 2.00 bits per heavy atom. The molecule has 1 aromatic carbocycles. The van der Waals surface area contributed by atoms with Crippen LogP contribution in [0.3, 0.4) is 0 Å². The highest BCUT2D eigenvalue weighted by Gasteiger charge is 2.33. The fourth-order valence-corrected chi connectivity index (χ4v) is 3.59. The van der Waals surface area contributed by atoms with Crippen LogP contribution in [0.4, 0.5) is 0 Å². The second kappa shape index (κ2) is 8.94. The molecule has 134 valence electrons. The predicted octanol–water partition coefficient (Wildman–Crippen LogP) is 2.48. The maximum absolute atomic E-state index is 13.0. The number of hydrogen-bond donors (Lipinski definition) is 1. The topological polar surface area (TPSA) is 92.3 Å². The van der Waals surface area contributed by atoms with Gasteiger partial charge in [-0.05, 0) is 31.2 Å². The van der Waals surface area contributed by atoms with Crippen molar-refractivity contribution >= 4 is 29.6 Å². The van der Waals surface area contributed by atoms with Crippen LogP contribution in [-0.4, -0.2) is 45.2 Å². The van der Waals surface area contributed by atoms with Gasteiger partial charge in [0.15, 0.2) is 6.29 Å². The molecular formula is C14H19BrNO7P. The van der Waals surface area contributed by atoms with Gasteiger partial charge in [0.2, 0.25) is 0 Å². The van der Waals surface area contributed by atoms with E-state index in [0.717, 1.165) is 4.47 Å². The smallest absolute Gasteiger partial charge is 0.459 e. The number of ether oxygens (including phenoxy) is 3. The Hall–Kier alpha value is -0.960. The summed E-state index contributed by atoms with van der Waals surface area (Å²) < 4.78 is 39.7. The summed E-state index contributed by atoms with van der Waals surface area (Å²) in [6.07, 6.45) is -0.623. The average molecular weight is 424 g/mol. The van der Waals surface area contributed by atoms with E-state index in [1.807, 2.05) is 0 Å². The number of esters is 1. The monoisotopic (exact) mass is 423 g/mol. The molecule has 0 saturated carbocycles. The summed E-state index contributed by atoms with van der Waals surface area (Å²) in [4.78, 5) is 11.6. The lowest BCUT2D eigenvalue weighted by Crippen LogP contribution is -2.35. The number of benzene rings is 1. The van der Waals surface area contributed by atoms with Crippen LogP contribution in [0.1, 0.15) is 6.92 Å². The van der Waals surface area contributed by atoms with Gasteiger partial charge in [-0.15, -0.1) is 0 Å². The third kappa shape index (κ3) is 5.84. The molecule has 0 radical (unpaired) electrons. The summed E-state index contributed by atoms with van der Waals surface area (Å²) in [5, 5.41) is 2.54. The number of rotatable bonds is 8. The van der Waals surface area contributed by atoms with Crippen LogP contribution in [0, 0.1) is 0 Å². The molecule has 0 bridgehead atoms. The summed E-state index contributed by atoms with van der Waals surface area (Å²) >= 11 is 3.30. The van der Waals surface area contributed by atoms with E-state index in [9.17, 15) is 9.36 Å². The van der Waals surface area contributed by atoms with Gasteiger partial charge in [-0.1, -0.05) is 15.9 Å². The molecule has 8 nitrogen and oxygen atoms in total. The first-order valence-electron chi connectivity index (χ1n) is 7.20. The molecule has 10 heteroatoms. The Balaban J connectivity index is 2.07. The van der Waals surface area contributed by atoms with Crippen molar-refractivity contribution in [2.45, 2.75) is 19.3 Å². The summed E-state index contributed by atoms with van der Waals surface area (Å²) in [6, 6.07) is 5.81. The Morgan fingerprint density at radius 3 is 2.58 bits per heavy atom. The van der Waals surface area contributed by atoms with E-state index in [4.69, 9.17) is 18.5 Å². The van der Waals surface area contributed by atoms with Gasteiger partial charge in [-0.2, -0.15) is 5.09 Å². The van der Waals surface area contributed by atoms with Gasteiger partial charge < -0.3 is 18.7 Å². The second-order valence-corrected chi connectivity index (χ2v) is 7.49. The zero-order valence-corrected chi connectivity index (χ0v) is 15.7. The molecule has 1 saturated heterocycles. The van der Waals surface area contributed by atoms with Crippen LogP contribution in [0.25, 0.3) is 0 Å². The van der Waals surface area contributed by atoms with Crippen molar-refractivity contribution in [3.05, 3.63) is 28.7 Å². The lowest BCUT2D eigenvalue weighted by atomic mass is 10.3. The average Bonchev–Trinajstić information content (AvgIpc) is 3.08. The van der Waals surface area contributed by atoms with E-state index in [0.29, 0.717) is 19.0 Å². The van der Waals surface area contributed by atoms with Crippen molar-refractivity contribution in [1.29, 1.82) is 0 Å². The molecule has 1 fully saturated rings. The standard InChI is InChI=1S/C14H19BrNO7P/c1-10(14(17)19-2)16-24(18,22-9-13-20-7-8-21-13)23-12-5-3-11(15)4-6-12/h3-6,10,13H,7-9H2,1-2H3,(H,16,18)/t10-,24?/m0/s1. The first kappa shape index (κ1) is 19.4. The third-order valence-electron chi connectivity index (χ3n) is 3.02. The highest BCUT2D eigenvalue weighted by molar-refractivity contribution is 9.10. The maximum Gasteiger partial charge on any atom is 0.459 e. The second-order valence-electron chi connectivity index (χ2n) is 4.88. The zero-order valence-electron chi connectivity index (χ0n) is 13.3. The van der Waals surface area contributed by atoms with Crippen LogP contribution in [0.15, 0.2) is 28.7 Å². The Morgan fingerprint density at radius 1 is 1.38 bits per heavy atom. The normalized spacial score (nSPS) is 18.8. The minimum atomic E-state index is -3.86. The van der Waals surface area contributed by atoms with E-state index in [2.05, 4.69) is 25.8 Å². The molecule has 1 aliphatic rings. The lowest BCUT2D eigenvalue weighted by Gasteiger charge is -2.23. The molecule has 2 rings (SSSR count). The molecule has 24 heavy (non-hydrogen) atoms. The predicted molar refractivity (Wildman–Crippen MR) is 88.6 cm³/mol. The Labute approximate surface area is 148 Å². The zero-order chi connectivity index (χ0) is 17.6. The van der Waals surface area contributed by atoms with Crippen molar-refractivity contribution in [1.82, 2.24) is 5.09 Å². The molecule has 1 aliphatic heterocycles. The van der Waals surface area contributed by atoms with Crippen molar-refractivity contribution < 1.29 is 32.6 Å². The van der Waals surface area contributed by atoms with Crippen LogP contribution in [0.2, 0.25) is 0 Å². The summed E-state index contributed by atoms with van der Waals surface area (Å²) in [6.45, 7) is 2.28. The fourth-order valence-electron chi connectivity index (χ4n) is 1.85. The van der Waals surface area contributed by atoms with E-state index >= 15 is 0 Å². The molecule has 1 N–H and O–H groups in total. The first-order chi connectivity index (χ1) is 11.4. The molecule has 1 aromatic rings. The van der Waals surface area contributed by atoms with E-state index < -0.39 is 26.0 Å². The number of carbonyl (C=O) groups is 1. The minimum Gasteiger partial charge on any atom is -0.468 e. The van der Waals surface area contributed by atoms with E-state index in [1.54, 1.807) is 24.3 Å². The van der Waals surface area contributed by atoms with Crippen molar-refractivity contribution in [3.8, 4) is 5.75 Å². The third-order valence-corrected chi connectivity index (χ3v) is 5.19. The molecule has 1 unspecified atom stereocenters. The van der Waals surface area contributed by atoms with Gasteiger partial charge in [-0.25, -0.2) is 4.57 Å². The number of methoxy groups -OCH3 is 1. The molecule has 2 atom stereocenters. The molecule has 1 heterocycles. The molecule has 0 aliphatic carbocycles. The number of carbonyl (C=O) groups excluding carboxylic acids is 1. The Bertz CT molecular complexity index is 591. The van der Waals surface area contributed by atoms with Crippen LogP contribution < -0.4 is 9.61 Å². The largest absolute Gasteiger partial charge is 0.468 e. The van der Waals surface area contributed by atoms with Crippen molar-refractivity contribution in [2.24, 2.45) is 0 Å². The van der Waals surface area contributed by atoms with Gasteiger partial charge in [0, 0.05) is 4.47 Å². The first-order valence-corrected chi connectivity index (χ1v) is 9.54. The van der Waals surface area contributed by atoms with Gasteiger partial charge >= 0.3 is 13.7 Å². The highest BCUT2D eigenvalue weighted by atomic mass is 79.9. The SMILES string of the molecule is COC(=O)[C@H](C)NP(=O)(OCC1OCCO1)Oc1ccc(Br)cc1. The Kier molecular flexibility index (Phi) is 7.21. The molecule has 0 aromatic heterocycles. The quantitative estimate of drug-likeness (QED) is 0.503. The van der Waals surface area contributed by atoms with Gasteiger partial charge in [0.05, 0.1) is 20.3 Å². The number of halogens is 1. The molecule has 0 amide bonds. The summed E-state index contributed by atoms with van der Waals surface area (Å²) in [5.74, 6) is -0.272. The lowest BCUT2D eigenvalue weighted by molar-refractivity contribution is -0.142. The maximum atomic E-state index is 13.0. The van der Waals surface area contributed by atoms with Crippen molar-refractivity contribution in [3.63, 3.8) is 0 Å². The van der Waals surface area contributed by atoms with E-state index in [1.165, 1.54) is 14.0 Å². The number of nitrogens with one attached hydrogen (secondary N) is 1. The van der Waals surface area contributed by atoms with Crippen LogP contribution >= 0.6 is 23.7 Å². The molecule has 0 spiro atoms. The summed E-state index contributed by atoms with van der Waals surface area (Å²) in [7, 11) is -2.62. The number of hydrogen-bond acceptors (Lipinski definition) is 7. The molecular weight excluding hydrogens is 405 g/mol. The van der Waals surface area contributed by atoms with Gasteiger partial charge in [0.1, 0.15) is 18.4 Å². The minimum absolute atomic E-state index is 0.102. The highest BCUT2D eigenvalue weighted by Crippen LogP contribution is 2.45. The summed E-state index contributed by atoms with van der Waals surface area (Å²) in [5.41, 5.74) is 0. The van der Waals surface area contributed by atoms with Gasteiger partial charge in [-0.3, -0.25) is 9.32 Å². The van der Waals surface area contributed by atoms with E-state index in [-0.39, 0.29) is 6.61 Å². The van der Waals surface area contributed by atoms with Crippen LogP contribution in [0.5, 0.6) is 5.75 Å². The van der Waals surface area contributed by atoms with Crippen molar-refractivity contribution in [2.75, 3.05) is 26.9 Å². The van der Waals surface area contributed by atoms with Crippen LogP contribution in [-0.2, 0) is 28.1 Å².